The van der Waals surface area contributed by atoms with Crippen molar-refractivity contribution in [2.24, 2.45) is 0 Å². The predicted octanol–water partition coefficient (Wildman–Crippen LogP) is 3.82. The van der Waals surface area contributed by atoms with Crippen LogP contribution in [-0.4, -0.2) is 16.1 Å². The van der Waals surface area contributed by atoms with Crippen LogP contribution < -0.4 is 0 Å². The van der Waals surface area contributed by atoms with Crippen molar-refractivity contribution in [3.8, 4) is 0 Å². The Labute approximate surface area is 126 Å². The van der Waals surface area contributed by atoms with Gasteiger partial charge in [-0.25, -0.2) is 0 Å². The smallest absolute Gasteiger partial charge is 0.314 e. The molecule has 0 radical (unpaired) electrons. The highest BCUT2D eigenvalue weighted by molar-refractivity contribution is 9.10. The largest absolute Gasteiger partial charge is 0.481 e. The molecule has 1 heterocycles. The van der Waals surface area contributed by atoms with Gasteiger partial charge in [-0.1, -0.05) is 37.3 Å². The van der Waals surface area contributed by atoms with E-state index >= 15 is 0 Å². The van der Waals surface area contributed by atoms with E-state index in [1.54, 1.807) is 6.20 Å². The molecule has 2 rings (SSSR count). The third kappa shape index (κ3) is 2.90. The molecule has 1 aromatic heterocycles. The number of carboxylic acids is 1. The van der Waals surface area contributed by atoms with Crippen LogP contribution in [0.5, 0.6) is 0 Å². The molecule has 20 heavy (non-hydrogen) atoms. The van der Waals surface area contributed by atoms with Gasteiger partial charge in [0, 0.05) is 22.8 Å². The van der Waals surface area contributed by atoms with Crippen molar-refractivity contribution in [2.75, 3.05) is 0 Å². The maximum atomic E-state index is 11.9. The molecular formula is C16H16BrNO2. The van der Waals surface area contributed by atoms with Gasteiger partial charge in [0.05, 0.1) is 5.41 Å². The van der Waals surface area contributed by atoms with Crippen LogP contribution in [0.25, 0.3) is 0 Å². The summed E-state index contributed by atoms with van der Waals surface area (Å²) in [6.07, 6.45) is 2.60. The van der Waals surface area contributed by atoms with Gasteiger partial charge in [-0.3, -0.25) is 9.78 Å². The van der Waals surface area contributed by atoms with Crippen molar-refractivity contribution in [3.05, 3.63) is 64.4 Å². The van der Waals surface area contributed by atoms with E-state index in [-0.39, 0.29) is 0 Å². The monoisotopic (exact) mass is 333 g/mol. The fourth-order valence-electron chi connectivity index (χ4n) is 2.36. The van der Waals surface area contributed by atoms with E-state index in [1.807, 2.05) is 49.4 Å². The molecule has 0 amide bonds. The highest BCUT2D eigenvalue weighted by Crippen LogP contribution is 2.32. The third-order valence-corrected chi connectivity index (χ3v) is 4.08. The van der Waals surface area contributed by atoms with Crippen LogP contribution in [0.3, 0.4) is 0 Å². The number of carboxylic acid groups (broad SMARTS) is 1. The van der Waals surface area contributed by atoms with Crippen LogP contribution in [0.2, 0.25) is 0 Å². The molecule has 0 aliphatic heterocycles. The van der Waals surface area contributed by atoms with Crippen molar-refractivity contribution in [3.63, 3.8) is 0 Å². The molecule has 0 saturated carbocycles. The molecule has 0 bridgehead atoms. The minimum atomic E-state index is -0.928. The van der Waals surface area contributed by atoms with Crippen LogP contribution in [0.1, 0.15) is 24.6 Å². The first-order valence-corrected chi connectivity index (χ1v) is 7.27. The van der Waals surface area contributed by atoms with Gasteiger partial charge in [-0.2, -0.15) is 0 Å². The molecule has 0 aliphatic carbocycles. The topological polar surface area (TPSA) is 50.2 Å². The number of halogens is 1. The zero-order valence-corrected chi connectivity index (χ0v) is 12.8. The van der Waals surface area contributed by atoms with Gasteiger partial charge in [0.2, 0.25) is 0 Å². The fraction of sp³-hybridized carbons (Fsp3) is 0.250. The fourth-order valence-corrected chi connectivity index (χ4v) is 2.59. The van der Waals surface area contributed by atoms with Crippen molar-refractivity contribution in [1.82, 2.24) is 4.98 Å². The number of carbonyl (C=O) groups is 1. The maximum absolute atomic E-state index is 11.9. The van der Waals surface area contributed by atoms with E-state index in [1.165, 1.54) is 0 Å². The zero-order valence-electron chi connectivity index (χ0n) is 11.2. The number of hydrogen-bond acceptors (Lipinski definition) is 2. The minimum absolute atomic E-state index is 0.385. The van der Waals surface area contributed by atoms with Crippen molar-refractivity contribution >= 4 is 21.9 Å². The summed E-state index contributed by atoms with van der Waals surface area (Å²) in [5.41, 5.74) is 0.670. The number of hydrogen-bond donors (Lipinski definition) is 1. The van der Waals surface area contributed by atoms with Gasteiger partial charge in [0.25, 0.3) is 0 Å². The van der Waals surface area contributed by atoms with Gasteiger partial charge in [-0.05, 0) is 40.0 Å². The molecule has 0 fully saturated rings. The Bertz CT molecular complexity index is 583. The standard InChI is InChI=1S/C16H16BrNO2/c1-2-16(15(19)20,12-6-4-3-5-7-12)10-14-9-8-13(17)11-18-14/h3-9,11H,2,10H2,1H3,(H,19,20). The molecule has 0 spiro atoms. The summed E-state index contributed by atoms with van der Waals surface area (Å²) in [7, 11) is 0. The van der Waals surface area contributed by atoms with Crippen molar-refractivity contribution in [1.29, 1.82) is 0 Å². The van der Waals surface area contributed by atoms with E-state index in [0.29, 0.717) is 12.8 Å². The average Bonchev–Trinajstić information content (AvgIpc) is 2.47. The SMILES string of the molecule is CCC(Cc1ccc(Br)cn1)(C(=O)O)c1ccccc1. The molecule has 1 N–H and O–H groups in total. The summed E-state index contributed by atoms with van der Waals surface area (Å²) in [6.45, 7) is 1.90. The van der Waals surface area contributed by atoms with Gasteiger partial charge < -0.3 is 5.11 Å². The number of rotatable bonds is 5. The van der Waals surface area contributed by atoms with Crippen LogP contribution in [0, 0.1) is 0 Å². The summed E-state index contributed by atoms with van der Waals surface area (Å²) in [5.74, 6) is -0.809. The highest BCUT2D eigenvalue weighted by Gasteiger charge is 2.39. The van der Waals surface area contributed by atoms with Crippen LogP contribution >= 0.6 is 15.9 Å². The summed E-state index contributed by atoms with van der Waals surface area (Å²) in [6, 6.07) is 13.1. The van der Waals surface area contributed by atoms with Crippen LogP contribution in [0.4, 0.5) is 0 Å². The molecule has 1 unspecified atom stereocenters. The summed E-state index contributed by atoms with van der Waals surface area (Å²) < 4.78 is 0.887. The summed E-state index contributed by atoms with van der Waals surface area (Å²) in [4.78, 5) is 16.2. The van der Waals surface area contributed by atoms with Crippen LogP contribution in [-0.2, 0) is 16.6 Å². The number of aliphatic carboxylic acids is 1. The molecule has 1 aromatic carbocycles. The lowest BCUT2D eigenvalue weighted by molar-refractivity contribution is -0.144. The van der Waals surface area contributed by atoms with Gasteiger partial charge >= 0.3 is 5.97 Å². The number of aromatic nitrogens is 1. The second kappa shape index (κ2) is 6.18. The average molecular weight is 334 g/mol. The molecule has 104 valence electrons. The van der Waals surface area contributed by atoms with E-state index in [4.69, 9.17) is 0 Å². The lowest BCUT2D eigenvalue weighted by Crippen LogP contribution is -2.37. The lowest BCUT2D eigenvalue weighted by Gasteiger charge is -2.28. The summed E-state index contributed by atoms with van der Waals surface area (Å²) in [5, 5.41) is 9.76. The van der Waals surface area contributed by atoms with Gasteiger partial charge in [0.1, 0.15) is 0 Å². The normalized spacial score (nSPS) is 13.7. The Morgan fingerprint density at radius 3 is 2.45 bits per heavy atom. The Kier molecular flexibility index (Phi) is 4.55. The Morgan fingerprint density at radius 2 is 1.95 bits per heavy atom. The predicted molar refractivity (Wildman–Crippen MR) is 81.7 cm³/mol. The Morgan fingerprint density at radius 1 is 1.25 bits per heavy atom. The quantitative estimate of drug-likeness (QED) is 0.904. The molecule has 3 nitrogen and oxygen atoms in total. The van der Waals surface area contributed by atoms with E-state index in [9.17, 15) is 9.90 Å². The number of nitrogens with zero attached hydrogens (tertiary/aromatic N) is 1. The zero-order chi connectivity index (χ0) is 14.6. The molecule has 0 saturated heterocycles. The Hall–Kier alpha value is -1.68. The second-order valence-electron chi connectivity index (χ2n) is 4.75. The minimum Gasteiger partial charge on any atom is -0.481 e. The highest BCUT2D eigenvalue weighted by atomic mass is 79.9. The molecule has 0 aliphatic rings. The molecule has 2 aromatic rings. The lowest BCUT2D eigenvalue weighted by atomic mass is 9.74. The van der Waals surface area contributed by atoms with Gasteiger partial charge in [0.15, 0.2) is 0 Å². The summed E-state index contributed by atoms with van der Waals surface area (Å²) >= 11 is 3.34. The molecule has 1 atom stereocenters. The number of pyridine rings is 1. The Balaban J connectivity index is 2.42. The van der Waals surface area contributed by atoms with Crippen molar-refractivity contribution in [2.45, 2.75) is 25.2 Å². The van der Waals surface area contributed by atoms with E-state index in [2.05, 4.69) is 20.9 Å². The molecular weight excluding hydrogens is 318 g/mol. The van der Waals surface area contributed by atoms with Crippen molar-refractivity contribution < 1.29 is 9.90 Å². The first kappa shape index (κ1) is 14.7. The first-order chi connectivity index (χ1) is 9.58. The van der Waals surface area contributed by atoms with E-state index < -0.39 is 11.4 Å². The number of benzene rings is 1. The van der Waals surface area contributed by atoms with E-state index in [0.717, 1.165) is 15.7 Å². The second-order valence-corrected chi connectivity index (χ2v) is 5.67. The third-order valence-electron chi connectivity index (χ3n) is 3.61. The maximum Gasteiger partial charge on any atom is 0.314 e. The van der Waals surface area contributed by atoms with Crippen LogP contribution in [0.15, 0.2) is 53.1 Å². The molecule has 4 heteroatoms. The first-order valence-electron chi connectivity index (χ1n) is 6.48. The van der Waals surface area contributed by atoms with Gasteiger partial charge in [-0.15, -0.1) is 0 Å².